The summed E-state index contributed by atoms with van der Waals surface area (Å²) >= 11 is 4.23. The van der Waals surface area contributed by atoms with Crippen LogP contribution < -0.4 is 20.1 Å². The molecule has 3 aromatic rings. The second-order valence-electron chi connectivity index (χ2n) is 9.27. The van der Waals surface area contributed by atoms with Crippen LogP contribution in [0.15, 0.2) is 64.0 Å². The van der Waals surface area contributed by atoms with E-state index in [9.17, 15) is 19.2 Å². The number of thioether (sulfide) groups is 1. The Hall–Kier alpha value is -4.09. The lowest BCUT2D eigenvalue weighted by Crippen LogP contribution is -2.36. The number of hydrogen-bond acceptors (Lipinski definition) is 7. The molecule has 2 N–H and O–H groups in total. The van der Waals surface area contributed by atoms with Crippen molar-refractivity contribution in [3.8, 4) is 11.5 Å². The molecule has 11 heteroatoms. The quantitative estimate of drug-likeness (QED) is 0.274. The van der Waals surface area contributed by atoms with Gasteiger partial charge in [0.1, 0.15) is 6.54 Å². The minimum atomic E-state index is -0.562. The normalized spacial score (nSPS) is 13.9. The number of nitrogens with one attached hydrogen (secondary N) is 2. The van der Waals surface area contributed by atoms with Crippen molar-refractivity contribution in [2.24, 2.45) is 0 Å². The Balaban J connectivity index is 1.38. The van der Waals surface area contributed by atoms with Crippen molar-refractivity contribution in [1.29, 1.82) is 0 Å². The molecule has 3 aromatic carbocycles. The summed E-state index contributed by atoms with van der Waals surface area (Å²) in [6.45, 7) is 5.18. The molecule has 9 nitrogen and oxygen atoms in total. The van der Waals surface area contributed by atoms with Crippen molar-refractivity contribution >= 4 is 68.1 Å². The molecule has 1 heterocycles. The number of rotatable bonds is 9. The third-order valence-corrected chi connectivity index (χ3v) is 8.12. The monoisotopic (exact) mass is 637 g/mol. The second-order valence-corrected chi connectivity index (χ2v) is 11.1. The predicted molar refractivity (Wildman–Crippen MR) is 163 cm³/mol. The zero-order chi connectivity index (χ0) is 29.7. The van der Waals surface area contributed by atoms with Crippen LogP contribution in [0.4, 0.5) is 16.2 Å². The van der Waals surface area contributed by atoms with Gasteiger partial charge >= 0.3 is 0 Å². The Labute approximate surface area is 250 Å². The molecule has 4 amide bonds. The van der Waals surface area contributed by atoms with Crippen LogP contribution in [0.1, 0.15) is 22.3 Å². The van der Waals surface area contributed by atoms with Gasteiger partial charge in [-0.25, -0.2) is 0 Å². The van der Waals surface area contributed by atoms with Gasteiger partial charge in [0.05, 0.1) is 12.0 Å². The maximum absolute atomic E-state index is 12.9. The number of anilines is 2. The molecule has 0 aliphatic carbocycles. The third kappa shape index (κ3) is 7.36. The maximum atomic E-state index is 12.9. The second kappa shape index (κ2) is 13.0. The van der Waals surface area contributed by atoms with Crippen molar-refractivity contribution in [3.05, 3.63) is 86.2 Å². The fraction of sp³-hybridized carbons (Fsp3) is 0.200. The fourth-order valence-corrected chi connectivity index (χ4v) is 5.18. The molecule has 212 valence electrons. The summed E-state index contributed by atoms with van der Waals surface area (Å²) in [5.74, 6) is -0.687. The zero-order valence-corrected chi connectivity index (χ0v) is 25.3. The number of methoxy groups -OCH3 is 1. The van der Waals surface area contributed by atoms with Gasteiger partial charge in [-0.3, -0.25) is 24.1 Å². The molecule has 0 unspecified atom stereocenters. The number of carbonyl (C=O) groups is 4. The van der Waals surface area contributed by atoms with Crippen LogP contribution in [-0.4, -0.2) is 48.1 Å². The van der Waals surface area contributed by atoms with Gasteiger partial charge < -0.3 is 20.1 Å². The Morgan fingerprint density at radius 1 is 0.927 bits per heavy atom. The number of amides is 4. The molecule has 0 atom stereocenters. The van der Waals surface area contributed by atoms with Crippen LogP contribution in [-0.2, 0) is 14.4 Å². The topological polar surface area (TPSA) is 114 Å². The van der Waals surface area contributed by atoms with E-state index >= 15 is 0 Å². The van der Waals surface area contributed by atoms with E-state index in [0.29, 0.717) is 28.4 Å². The first-order valence-corrected chi connectivity index (χ1v) is 14.1. The van der Waals surface area contributed by atoms with Gasteiger partial charge in [0, 0.05) is 15.8 Å². The summed E-state index contributed by atoms with van der Waals surface area (Å²) < 4.78 is 12.1. The lowest BCUT2D eigenvalue weighted by Gasteiger charge is -2.14. The van der Waals surface area contributed by atoms with Gasteiger partial charge in [0.25, 0.3) is 17.1 Å². The molecule has 0 bridgehead atoms. The van der Waals surface area contributed by atoms with E-state index in [0.717, 1.165) is 37.8 Å². The van der Waals surface area contributed by atoms with Crippen molar-refractivity contribution in [2.75, 3.05) is 30.9 Å². The smallest absolute Gasteiger partial charge is 0.294 e. The highest BCUT2D eigenvalue weighted by atomic mass is 79.9. The van der Waals surface area contributed by atoms with Crippen molar-refractivity contribution < 1.29 is 28.7 Å². The van der Waals surface area contributed by atoms with E-state index in [1.807, 2.05) is 45.0 Å². The Morgan fingerprint density at radius 2 is 1.66 bits per heavy atom. The molecule has 1 aliphatic heterocycles. The summed E-state index contributed by atoms with van der Waals surface area (Å²) in [6, 6.07) is 15.8. The molecule has 0 saturated carbocycles. The van der Waals surface area contributed by atoms with Crippen LogP contribution in [0, 0.1) is 20.8 Å². The highest BCUT2D eigenvalue weighted by Gasteiger charge is 2.36. The van der Waals surface area contributed by atoms with Crippen molar-refractivity contribution in [3.63, 3.8) is 0 Å². The van der Waals surface area contributed by atoms with Crippen molar-refractivity contribution in [2.45, 2.75) is 20.8 Å². The number of ether oxygens (including phenoxy) is 2. The van der Waals surface area contributed by atoms with Crippen LogP contribution in [0.5, 0.6) is 11.5 Å². The Bertz CT molecular complexity index is 1550. The summed E-state index contributed by atoms with van der Waals surface area (Å²) in [4.78, 5) is 51.4. The first kappa shape index (κ1) is 29.9. The van der Waals surface area contributed by atoms with Crippen LogP contribution in [0.2, 0.25) is 0 Å². The van der Waals surface area contributed by atoms with Gasteiger partial charge in [-0.15, -0.1) is 0 Å². The Morgan fingerprint density at radius 3 is 2.37 bits per heavy atom. The predicted octanol–water partition coefficient (Wildman–Crippen LogP) is 6.08. The van der Waals surface area contributed by atoms with Crippen LogP contribution in [0.25, 0.3) is 6.08 Å². The minimum Gasteiger partial charge on any atom is -0.493 e. The minimum absolute atomic E-state index is 0.174. The highest BCUT2D eigenvalue weighted by Crippen LogP contribution is 2.34. The third-order valence-electron chi connectivity index (χ3n) is 6.35. The number of benzene rings is 3. The van der Waals surface area contributed by atoms with E-state index in [4.69, 9.17) is 9.47 Å². The maximum Gasteiger partial charge on any atom is 0.294 e. The average Bonchev–Trinajstić information content (AvgIpc) is 3.20. The molecule has 1 fully saturated rings. The van der Waals surface area contributed by atoms with Gasteiger partial charge in [-0.1, -0.05) is 39.7 Å². The van der Waals surface area contributed by atoms with Gasteiger partial charge in [0.15, 0.2) is 18.1 Å². The molecule has 1 saturated heterocycles. The van der Waals surface area contributed by atoms with E-state index in [1.54, 1.807) is 36.4 Å². The molecule has 0 aromatic heterocycles. The molecule has 41 heavy (non-hydrogen) atoms. The molecule has 4 rings (SSSR count). The molecular formula is C30H28BrN3O6S. The summed E-state index contributed by atoms with van der Waals surface area (Å²) in [6.07, 6.45) is 1.54. The summed E-state index contributed by atoms with van der Waals surface area (Å²) in [5, 5.41) is 5.00. The molecular weight excluding hydrogens is 610 g/mol. The lowest BCUT2D eigenvalue weighted by molar-refractivity contribution is -0.127. The Kier molecular flexibility index (Phi) is 9.51. The highest BCUT2D eigenvalue weighted by molar-refractivity contribution is 9.10. The summed E-state index contributed by atoms with van der Waals surface area (Å²) in [7, 11) is 1.46. The van der Waals surface area contributed by atoms with Gasteiger partial charge in [-0.2, -0.15) is 0 Å². The number of halogens is 1. The van der Waals surface area contributed by atoms with Crippen LogP contribution >= 0.6 is 27.7 Å². The molecule has 0 spiro atoms. The number of imide groups is 1. The fourth-order valence-electron chi connectivity index (χ4n) is 3.91. The van der Waals surface area contributed by atoms with E-state index in [1.165, 1.54) is 7.11 Å². The van der Waals surface area contributed by atoms with E-state index in [2.05, 4.69) is 26.6 Å². The first-order chi connectivity index (χ1) is 19.5. The molecule has 0 radical (unpaired) electrons. The van der Waals surface area contributed by atoms with Gasteiger partial charge in [-0.05, 0) is 91.7 Å². The lowest BCUT2D eigenvalue weighted by atomic mass is 10.1. The van der Waals surface area contributed by atoms with Crippen LogP contribution in [0.3, 0.4) is 0 Å². The first-order valence-electron chi connectivity index (χ1n) is 12.5. The zero-order valence-electron chi connectivity index (χ0n) is 22.9. The standard InChI is InChI=1S/C30H28BrN3O6S/c1-17-5-8-21(9-6-17)32-27(35)15-34-29(37)26(41-30(34)38)14-20-7-12-24(25(13-20)39-4)40-16-28(36)33-23-11-10-22(31)18(2)19(23)3/h5-14H,15-16H2,1-4H3,(H,32,35)(H,33,36)/b26-14+. The number of hydrogen-bond donors (Lipinski definition) is 2. The van der Waals surface area contributed by atoms with E-state index < -0.39 is 23.6 Å². The largest absolute Gasteiger partial charge is 0.493 e. The number of carbonyl (C=O) groups excluding carboxylic acids is 4. The number of aryl methyl sites for hydroxylation is 1. The molecule has 1 aliphatic rings. The SMILES string of the molecule is COc1cc(/C=C2/SC(=O)N(CC(=O)Nc3ccc(C)cc3)C2=O)ccc1OCC(=O)Nc1ccc(Br)c(C)c1C. The number of nitrogens with zero attached hydrogens (tertiary/aromatic N) is 1. The van der Waals surface area contributed by atoms with Crippen molar-refractivity contribution in [1.82, 2.24) is 4.90 Å². The average molecular weight is 639 g/mol. The summed E-state index contributed by atoms with van der Waals surface area (Å²) in [5.41, 5.74) is 4.88. The van der Waals surface area contributed by atoms with E-state index in [-0.39, 0.29) is 17.4 Å². The van der Waals surface area contributed by atoms with Gasteiger partial charge in [0.2, 0.25) is 5.91 Å².